The second-order valence-electron chi connectivity index (χ2n) is 8.96. The Bertz CT molecular complexity index is 1300. The molecule has 3 aromatic carbocycles. The molecule has 0 N–H and O–H groups in total. The van der Waals surface area contributed by atoms with E-state index in [9.17, 15) is 13.6 Å². The number of rotatable bonds is 1. The molecule has 0 saturated carbocycles. The molecule has 1 fully saturated rings. The van der Waals surface area contributed by atoms with Gasteiger partial charge in [0.2, 0.25) is 0 Å². The fraction of sp³-hybridized carbons (Fsp3) is 0.259. The SMILES string of the molecule is Cc1ccc2c(c1)Oc1ccc(C)cc1C(N1CCN(C(=O)c3cc(F)cc(F)c3)C(C)C1)=N2. The van der Waals surface area contributed by atoms with Crippen LogP contribution in [-0.4, -0.2) is 47.2 Å². The summed E-state index contributed by atoms with van der Waals surface area (Å²) in [5, 5.41) is 0. The average Bonchev–Trinajstić information content (AvgIpc) is 2.94. The van der Waals surface area contributed by atoms with E-state index in [1.165, 1.54) is 0 Å². The number of halogens is 2. The monoisotopic (exact) mass is 461 g/mol. The maximum atomic E-state index is 13.7. The molecule has 2 aliphatic rings. The number of carbonyl (C=O) groups excluding carboxylic acids is 1. The molecule has 1 saturated heterocycles. The first-order valence-corrected chi connectivity index (χ1v) is 11.3. The Hall–Kier alpha value is -3.74. The lowest BCUT2D eigenvalue weighted by Gasteiger charge is -2.41. The Kier molecular flexibility index (Phi) is 5.55. The summed E-state index contributed by atoms with van der Waals surface area (Å²) in [7, 11) is 0. The van der Waals surface area contributed by atoms with Crippen LogP contribution in [0.15, 0.2) is 59.6 Å². The molecule has 0 spiro atoms. The Morgan fingerprint density at radius 2 is 1.65 bits per heavy atom. The molecule has 1 amide bonds. The van der Waals surface area contributed by atoms with E-state index in [-0.39, 0.29) is 17.5 Å². The first-order valence-electron chi connectivity index (χ1n) is 11.3. The minimum atomic E-state index is -0.761. The van der Waals surface area contributed by atoms with Gasteiger partial charge in [-0.2, -0.15) is 0 Å². The molecule has 2 heterocycles. The zero-order chi connectivity index (χ0) is 24.0. The van der Waals surface area contributed by atoms with Crippen molar-refractivity contribution in [1.82, 2.24) is 9.80 Å². The van der Waals surface area contributed by atoms with Gasteiger partial charge in [-0.3, -0.25) is 4.79 Å². The van der Waals surface area contributed by atoms with Crippen LogP contribution in [0.2, 0.25) is 0 Å². The highest BCUT2D eigenvalue weighted by molar-refractivity contribution is 6.04. The van der Waals surface area contributed by atoms with Crippen molar-refractivity contribution in [3.8, 4) is 11.5 Å². The largest absolute Gasteiger partial charge is 0.454 e. The van der Waals surface area contributed by atoms with E-state index in [1.54, 1.807) is 4.90 Å². The Morgan fingerprint density at radius 1 is 0.941 bits per heavy atom. The predicted molar refractivity (Wildman–Crippen MR) is 127 cm³/mol. The molecule has 0 aliphatic carbocycles. The smallest absolute Gasteiger partial charge is 0.254 e. The zero-order valence-electron chi connectivity index (χ0n) is 19.3. The molecular formula is C27H25F2N3O2. The van der Waals surface area contributed by atoms with E-state index in [2.05, 4.69) is 11.0 Å². The summed E-state index contributed by atoms with van der Waals surface area (Å²) >= 11 is 0. The van der Waals surface area contributed by atoms with Crippen molar-refractivity contribution in [2.45, 2.75) is 26.8 Å². The fourth-order valence-electron chi connectivity index (χ4n) is 4.53. The van der Waals surface area contributed by atoms with Gasteiger partial charge in [-0.05, 0) is 62.7 Å². The van der Waals surface area contributed by atoms with Gasteiger partial charge < -0.3 is 14.5 Å². The molecule has 34 heavy (non-hydrogen) atoms. The number of aliphatic imine (C=N–C) groups is 1. The molecule has 0 aromatic heterocycles. The highest BCUT2D eigenvalue weighted by atomic mass is 19.1. The van der Waals surface area contributed by atoms with Crippen molar-refractivity contribution in [1.29, 1.82) is 0 Å². The number of ether oxygens (including phenoxy) is 1. The Balaban J connectivity index is 1.46. The van der Waals surface area contributed by atoms with Gasteiger partial charge in [0.05, 0.1) is 5.56 Å². The lowest BCUT2D eigenvalue weighted by molar-refractivity contribution is 0.0580. The van der Waals surface area contributed by atoms with Crippen LogP contribution in [0.4, 0.5) is 14.5 Å². The quantitative estimate of drug-likeness (QED) is 0.473. The van der Waals surface area contributed by atoms with Crippen molar-refractivity contribution in [3.05, 3.63) is 88.5 Å². The van der Waals surface area contributed by atoms with E-state index < -0.39 is 11.6 Å². The first-order chi connectivity index (χ1) is 16.3. The van der Waals surface area contributed by atoms with Gasteiger partial charge in [0.25, 0.3) is 5.91 Å². The summed E-state index contributed by atoms with van der Waals surface area (Å²) in [6.07, 6.45) is 0. The lowest BCUT2D eigenvalue weighted by Crippen LogP contribution is -2.55. The van der Waals surface area contributed by atoms with Gasteiger partial charge in [0.1, 0.15) is 28.9 Å². The van der Waals surface area contributed by atoms with Gasteiger partial charge in [0.15, 0.2) is 5.75 Å². The fourth-order valence-corrected chi connectivity index (χ4v) is 4.53. The number of hydrogen-bond donors (Lipinski definition) is 0. The van der Waals surface area contributed by atoms with Crippen molar-refractivity contribution in [2.24, 2.45) is 4.99 Å². The molecule has 3 aromatic rings. The van der Waals surface area contributed by atoms with Crippen molar-refractivity contribution in [2.75, 3.05) is 19.6 Å². The molecular weight excluding hydrogens is 436 g/mol. The molecule has 2 aliphatic heterocycles. The summed E-state index contributed by atoms with van der Waals surface area (Å²) in [4.78, 5) is 21.8. The minimum absolute atomic E-state index is 0.0169. The van der Waals surface area contributed by atoms with E-state index >= 15 is 0 Å². The average molecular weight is 462 g/mol. The van der Waals surface area contributed by atoms with Gasteiger partial charge in [-0.25, -0.2) is 13.8 Å². The van der Waals surface area contributed by atoms with E-state index in [1.807, 2.05) is 51.1 Å². The van der Waals surface area contributed by atoms with Gasteiger partial charge in [0, 0.05) is 37.3 Å². The number of carbonyl (C=O) groups is 1. The molecule has 0 radical (unpaired) electrons. The number of amidine groups is 1. The summed E-state index contributed by atoms with van der Waals surface area (Å²) in [5.74, 6) is 0.322. The van der Waals surface area contributed by atoms with Crippen LogP contribution in [-0.2, 0) is 0 Å². The summed E-state index contributed by atoms with van der Waals surface area (Å²) in [5.41, 5.74) is 3.83. The van der Waals surface area contributed by atoms with Gasteiger partial charge >= 0.3 is 0 Å². The lowest BCUT2D eigenvalue weighted by atomic mass is 10.1. The van der Waals surface area contributed by atoms with Gasteiger partial charge in [-0.15, -0.1) is 0 Å². The molecule has 5 nitrogen and oxygen atoms in total. The normalized spacial score (nSPS) is 17.3. The second-order valence-corrected chi connectivity index (χ2v) is 8.96. The second kappa shape index (κ2) is 8.56. The summed E-state index contributed by atoms with van der Waals surface area (Å²) in [6, 6.07) is 14.7. The molecule has 5 rings (SSSR count). The Labute approximate surface area is 197 Å². The van der Waals surface area contributed by atoms with Gasteiger partial charge in [-0.1, -0.05) is 17.7 Å². The number of nitrogens with zero attached hydrogens (tertiary/aromatic N) is 3. The first kappa shape index (κ1) is 22.1. The highest BCUT2D eigenvalue weighted by Crippen LogP contribution is 2.39. The third kappa shape index (κ3) is 4.14. The maximum absolute atomic E-state index is 13.7. The van der Waals surface area contributed by atoms with Crippen LogP contribution in [0.3, 0.4) is 0 Å². The standard InChI is InChI=1S/C27H25F2N3O2/c1-16-5-7-24-22(10-16)26(30-23-6-4-17(2)11-25(23)34-24)31-8-9-32(18(3)15-31)27(33)19-12-20(28)14-21(29)13-19/h4-7,10-14,18H,8-9,15H2,1-3H3. The van der Waals surface area contributed by atoms with Crippen LogP contribution in [0, 0.1) is 25.5 Å². The molecule has 1 atom stereocenters. The van der Waals surface area contributed by atoms with Crippen LogP contribution in [0.25, 0.3) is 0 Å². The number of benzene rings is 3. The topological polar surface area (TPSA) is 45.1 Å². The van der Waals surface area contributed by atoms with Crippen molar-refractivity contribution < 1.29 is 18.3 Å². The summed E-state index contributed by atoms with van der Waals surface area (Å²) in [6.45, 7) is 7.43. The number of fused-ring (bicyclic) bond motifs is 2. The highest BCUT2D eigenvalue weighted by Gasteiger charge is 2.32. The van der Waals surface area contributed by atoms with Crippen LogP contribution < -0.4 is 4.74 Å². The number of piperazine rings is 1. The molecule has 7 heteroatoms. The number of aryl methyl sites for hydroxylation is 2. The summed E-state index contributed by atoms with van der Waals surface area (Å²) < 4.78 is 33.6. The maximum Gasteiger partial charge on any atom is 0.254 e. The molecule has 1 unspecified atom stereocenters. The van der Waals surface area contributed by atoms with Crippen LogP contribution in [0.1, 0.15) is 34.0 Å². The third-order valence-corrected chi connectivity index (χ3v) is 6.23. The predicted octanol–water partition coefficient (Wildman–Crippen LogP) is 5.61. The van der Waals surface area contributed by atoms with E-state index in [4.69, 9.17) is 9.73 Å². The zero-order valence-corrected chi connectivity index (χ0v) is 19.3. The molecule has 174 valence electrons. The molecule has 0 bridgehead atoms. The third-order valence-electron chi connectivity index (χ3n) is 6.23. The van der Waals surface area contributed by atoms with E-state index in [0.29, 0.717) is 25.4 Å². The minimum Gasteiger partial charge on any atom is -0.454 e. The van der Waals surface area contributed by atoms with E-state index in [0.717, 1.165) is 52.2 Å². The van der Waals surface area contributed by atoms with Crippen LogP contribution in [0.5, 0.6) is 11.5 Å². The number of hydrogen-bond acceptors (Lipinski definition) is 4. The van der Waals surface area contributed by atoms with Crippen LogP contribution >= 0.6 is 0 Å². The number of amides is 1. The van der Waals surface area contributed by atoms with Crippen molar-refractivity contribution >= 4 is 17.4 Å². The van der Waals surface area contributed by atoms with Crippen molar-refractivity contribution in [3.63, 3.8) is 0 Å². The Morgan fingerprint density at radius 3 is 2.38 bits per heavy atom.